The summed E-state index contributed by atoms with van der Waals surface area (Å²) < 4.78 is 5.15. The van der Waals surface area contributed by atoms with Gasteiger partial charge in [-0.1, -0.05) is 12.1 Å². The second-order valence-electron chi connectivity index (χ2n) is 6.12. The van der Waals surface area contributed by atoms with Crippen molar-refractivity contribution in [3.8, 4) is 5.75 Å². The minimum atomic E-state index is -0.282. The van der Waals surface area contributed by atoms with Crippen LogP contribution in [0.1, 0.15) is 24.8 Å². The summed E-state index contributed by atoms with van der Waals surface area (Å²) >= 11 is 0. The van der Waals surface area contributed by atoms with Crippen molar-refractivity contribution >= 4 is 35.2 Å². The Hall–Kier alpha value is -3.41. The Morgan fingerprint density at radius 2 is 1.78 bits per heavy atom. The highest BCUT2D eigenvalue weighted by molar-refractivity contribution is 6.16. The normalized spacial score (nSPS) is 14.5. The Labute approximate surface area is 157 Å². The molecule has 3 rings (SSSR count). The number of benzene rings is 2. The molecule has 2 aromatic carbocycles. The van der Waals surface area contributed by atoms with Crippen LogP contribution in [-0.4, -0.2) is 24.8 Å². The van der Waals surface area contributed by atoms with E-state index in [1.807, 2.05) is 24.3 Å². The summed E-state index contributed by atoms with van der Waals surface area (Å²) in [7, 11) is 1.59. The van der Waals surface area contributed by atoms with Crippen molar-refractivity contribution in [3.05, 3.63) is 60.2 Å². The van der Waals surface area contributed by atoms with Crippen molar-refractivity contribution in [3.63, 3.8) is 0 Å². The Morgan fingerprint density at radius 1 is 1.07 bits per heavy atom. The fraction of sp³-hybridized carbons (Fsp3) is 0.190. The Bertz CT molecular complexity index is 871. The van der Waals surface area contributed by atoms with E-state index in [9.17, 15) is 14.4 Å². The van der Waals surface area contributed by atoms with Gasteiger partial charge in [0.15, 0.2) is 0 Å². The Balaban J connectivity index is 1.63. The fourth-order valence-electron chi connectivity index (χ4n) is 2.84. The molecule has 1 aliphatic rings. The molecule has 1 N–H and O–H groups in total. The lowest BCUT2D eigenvalue weighted by molar-refractivity contribution is -0.129. The van der Waals surface area contributed by atoms with Crippen LogP contribution in [0.15, 0.2) is 54.6 Å². The van der Waals surface area contributed by atoms with E-state index in [0.717, 1.165) is 11.3 Å². The van der Waals surface area contributed by atoms with Crippen LogP contribution >= 0.6 is 0 Å². The summed E-state index contributed by atoms with van der Waals surface area (Å²) in [6.07, 6.45) is 4.47. The zero-order valence-electron chi connectivity index (χ0n) is 15.0. The van der Waals surface area contributed by atoms with Crippen LogP contribution < -0.4 is 15.0 Å². The van der Waals surface area contributed by atoms with Gasteiger partial charge in [0, 0.05) is 24.6 Å². The maximum Gasteiger partial charge on any atom is 0.248 e. The molecular weight excluding hydrogens is 344 g/mol. The van der Waals surface area contributed by atoms with Gasteiger partial charge in [0.05, 0.1) is 12.8 Å². The molecule has 6 heteroatoms. The summed E-state index contributed by atoms with van der Waals surface area (Å²) in [6, 6.07) is 14.0. The monoisotopic (exact) mass is 364 g/mol. The predicted molar refractivity (Wildman–Crippen MR) is 103 cm³/mol. The molecule has 2 aromatic rings. The number of nitrogens with one attached hydrogen (secondary N) is 1. The molecule has 1 heterocycles. The molecule has 1 fully saturated rings. The standard InChI is InChI=1S/C21H20N2O4/c1-27-18-5-2-4-15(14-18)8-13-19(24)22-16-9-11-17(12-10-16)23-20(25)6-3-7-21(23)26/h2,4-5,8-14H,3,6-7H2,1H3,(H,22,24)/b13-8+. The molecule has 0 aliphatic carbocycles. The van der Waals surface area contributed by atoms with Crippen molar-refractivity contribution in [2.24, 2.45) is 0 Å². The van der Waals surface area contributed by atoms with Crippen LogP contribution in [0.5, 0.6) is 5.75 Å². The van der Waals surface area contributed by atoms with Gasteiger partial charge in [-0.05, 0) is 54.5 Å². The van der Waals surface area contributed by atoms with Gasteiger partial charge in [-0.2, -0.15) is 0 Å². The molecule has 1 saturated heterocycles. The predicted octanol–water partition coefficient (Wildman–Crippen LogP) is 3.39. The number of amides is 3. The molecule has 0 radical (unpaired) electrons. The van der Waals surface area contributed by atoms with Crippen LogP contribution in [0.3, 0.4) is 0 Å². The first-order valence-electron chi connectivity index (χ1n) is 8.66. The average molecular weight is 364 g/mol. The Kier molecular flexibility index (Phi) is 5.66. The van der Waals surface area contributed by atoms with Crippen LogP contribution in [0, 0.1) is 0 Å². The van der Waals surface area contributed by atoms with Gasteiger partial charge in [-0.15, -0.1) is 0 Å². The molecule has 0 bridgehead atoms. The van der Waals surface area contributed by atoms with Gasteiger partial charge in [-0.25, -0.2) is 0 Å². The van der Waals surface area contributed by atoms with Crippen molar-refractivity contribution in [2.45, 2.75) is 19.3 Å². The maximum absolute atomic E-state index is 12.1. The van der Waals surface area contributed by atoms with Gasteiger partial charge in [-0.3, -0.25) is 19.3 Å². The lowest BCUT2D eigenvalue weighted by Gasteiger charge is -2.24. The smallest absolute Gasteiger partial charge is 0.248 e. The lowest BCUT2D eigenvalue weighted by Crippen LogP contribution is -2.40. The number of carbonyl (C=O) groups is 3. The number of rotatable bonds is 5. The summed E-state index contributed by atoms with van der Waals surface area (Å²) in [5.41, 5.74) is 1.95. The van der Waals surface area contributed by atoms with Gasteiger partial charge in [0.1, 0.15) is 5.75 Å². The third-order valence-corrected chi connectivity index (χ3v) is 4.19. The number of nitrogens with zero attached hydrogens (tertiary/aromatic N) is 1. The average Bonchev–Trinajstić information content (AvgIpc) is 2.68. The summed E-state index contributed by atoms with van der Waals surface area (Å²) in [6.45, 7) is 0. The molecular formula is C21H20N2O4. The van der Waals surface area contributed by atoms with E-state index in [-0.39, 0.29) is 17.7 Å². The molecule has 6 nitrogen and oxygen atoms in total. The van der Waals surface area contributed by atoms with Gasteiger partial charge in [0.2, 0.25) is 17.7 Å². The van der Waals surface area contributed by atoms with Crippen LogP contribution in [0.2, 0.25) is 0 Å². The van der Waals surface area contributed by atoms with Crippen LogP contribution in [0.25, 0.3) is 6.08 Å². The van der Waals surface area contributed by atoms with E-state index in [1.54, 1.807) is 37.5 Å². The molecule has 0 aromatic heterocycles. The number of methoxy groups -OCH3 is 1. The van der Waals surface area contributed by atoms with Crippen LogP contribution in [-0.2, 0) is 14.4 Å². The fourth-order valence-corrected chi connectivity index (χ4v) is 2.84. The molecule has 0 unspecified atom stereocenters. The molecule has 0 atom stereocenters. The number of anilines is 2. The second kappa shape index (κ2) is 8.31. The minimum Gasteiger partial charge on any atom is -0.497 e. The first-order valence-corrected chi connectivity index (χ1v) is 8.66. The van der Waals surface area contributed by atoms with Gasteiger partial charge >= 0.3 is 0 Å². The molecule has 138 valence electrons. The van der Waals surface area contributed by atoms with E-state index in [0.29, 0.717) is 30.6 Å². The number of ether oxygens (including phenoxy) is 1. The molecule has 1 aliphatic heterocycles. The number of hydrogen-bond acceptors (Lipinski definition) is 4. The summed E-state index contributed by atoms with van der Waals surface area (Å²) in [5.74, 6) is 0.0548. The number of imide groups is 1. The topological polar surface area (TPSA) is 75.7 Å². The zero-order valence-corrected chi connectivity index (χ0v) is 15.0. The van der Waals surface area contributed by atoms with E-state index in [2.05, 4.69) is 5.32 Å². The number of piperidine rings is 1. The lowest BCUT2D eigenvalue weighted by atomic mass is 10.1. The third kappa shape index (κ3) is 4.61. The van der Waals surface area contributed by atoms with Gasteiger partial charge in [0.25, 0.3) is 0 Å². The largest absolute Gasteiger partial charge is 0.497 e. The van der Waals surface area contributed by atoms with E-state index < -0.39 is 0 Å². The minimum absolute atomic E-state index is 0.191. The highest BCUT2D eigenvalue weighted by atomic mass is 16.5. The number of carbonyl (C=O) groups excluding carboxylic acids is 3. The van der Waals surface area contributed by atoms with E-state index in [4.69, 9.17) is 4.74 Å². The molecule has 3 amide bonds. The molecule has 0 saturated carbocycles. The van der Waals surface area contributed by atoms with Crippen molar-refractivity contribution in [1.29, 1.82) is 0 Å². The Morgan fingerprint density at radius 3 is 2.44 bits per heavy atom. The van der Waals surface area contributed by atoms with Crippen molar-refractivity contribution in [1.82, 2.24) is 0 Å². The quantitative estimate of drug-likeness (QED) is 0.652. The number of hydrogen-bond donors (Lipinski definition) is 1. The van der Waals surface area contributed by atoms with Crippen LogP contribution in [0.4, 0.5) is 11.4 Å². The third-order valence-electron chi connectivity index (χ3n) is 4.19. The summed E-state index contributed by atoms with van der Waals surface area (Å²) in [5, 5.41) is 2.75. The highest BCUT2D eigenvalue weighted by Gasteiger charge is 2.27. The molecule has 0 spiro atoms. The van der Waals surface area contributed by atoms with Gasteiger partial charge < -0.3 is 10.1 Å². The first kappa shape index (κ1) is 18.4. The maximum atomic E-state index is 12.1. The van der Waals surface area contributed by atoms with Crippen molar-refractivity contribution < 1.29 is 19.1 Å². The highest BCUT2D eigenvalue weighted by Crippen LogP contribution is 2.23. The van der Waals surface area contributed by atoms with E-state index >= 15 is 0 Å². The zero-order chi connectivity index (χ0) is 19.2. The van der Waals surface area contributed by atoms with Crippen molar-refractivity contribution in [2.75, 3.05) is 17.3 Å². The summed E-state index contributed by atoms with van der Waals surface area (Å²) in [4.78, 5) is 37.2. The first-order chi connectivity index (χ1) is 13.1. The van der Waals surface area contributed by atoms with E-state index in [1.165, 1.54) is 11.0 Å². The second-order valence-corrected chi connectivity index (χ2v) is 6.12. The molecule has 27 heavy (non-hydrogen) atoms. The SMILES string of the molecule is COc1cccc(/C=C/C(=O)Nc2ccc(N3C(=O)CCCC3=O)cc2)c1.